The smallest absolute Gasteiger partial charge is 0.190 e. The highest BCUT2D eigenvalue weighted by molar-refractivity contribution is 6.21. The van der Waals surface area contributed by atoms with E-state index in [-0.39, 0.29) is 28.0 Å². The number of nitrogens with one attached hydrogen (secondary N) is 1. The van der Waals surface area contributed by atoms with Crippen molar-refractivity contribution < 1.29 is 9.90 Å². The highest BCUT2D eigenvalue weighted by Gasteiger charge is 2.30. The molecule has 0 saturated heterocycles. The van der Waals surface area contributed by atoms with Gasteiger partial charge in [-0.2, -0.15) is 0 Å². The minimum atomic E-state index is -0.311. The number of allylic oxidation sites excluding steroid dienone is 2. The van der Waals surface area contributed by atoms with Gasteiger partial charge in [-0.05, 0) is 24.0 Å². The van der Waals surface area contributed by atoms with Crippen LogP contribution in [0.25, 0.3) is 16.5 Å². The Kier molecular flexibility index (Phi) is 2.97. The van der Waals surface area contributed by atoms with Crippen LogP contribution in [0.15, 0.2) is 40.9 Å². The molecule has 21 heavy (non-hydrogen) atoms. The zero-order valence-electron chi connectivity index (χ0n) is 12.0. The molecule has 1 aromatic heterocycles. The van der Waals surface area contributed by atoms with Gasteiger partial charge in [0.2, 0.25) is 0 Å². The number of ketones is 1. The van der Waals surface area contributed by atoms with Crippen molar-refractivity contribution in [3.63, 3.8) is 0 Å². The number of fused-ring (bicyclic) bond motifs is 1. The van der Waals surface area contributed by atoms with Gasteiger partial charge >= 0.3 is 0 Å². The highest BCUT2D eigenvalue weighted by atomic mass is 16.3. The van der Waals surface area contributed by atoms with Crippen LogP contribution in [0.1, 0.15) is 32.4 Å². The lowest BCUT2D eigenvalue weighted by Crippen LogP contribution is -2.30. The molecule has 4 heteroatoms. The van der Waals surface area contributed by atoms with Gasteiger partial charge in [0.1, 0.15) is 0 Å². The molecule has 1 aromatic carbocycles. The molecule has 0 bridgehead atoms. The molecule has 1 aliphatic rings. The summed E-state index contributed by atoms with van der Waals surface area (Å²) >= 11 is 0. The Morgan fingerprint density at radius 1 is 1.14 bits per heavy atom. The quantitative estimate of drug-likeness (QED) is 0.869. The maximum absolute atomic E-state index is 12.3. The van der Waals surface area contributed by atoms with Crippen molar-refractivity contribution in [3.8, 4) is 0 Å². The highest BCUT2D eigenvalue weighted by Crippen LogP contribution is 2.37. The molecule has 1 heterocycles. The van der Waals surface area contributed by atoms with Crippen molar-refractivity contribution in [2.24, 2.45) is 5.41 Å². The first-order chi connectivity index (χ1) is 9.87. The Bertz CT molecular complexity index is 827. The van der Waals surface area contributed by atoms with Gasteiger partial charge in [0.15, 0.2) is 11.2 Å². The second-order valence-electron chi connectivity index (χ2n) is 6.33. The van der Waals surface area contributed by atoms with Gasteiger partial charge in [0.25, 0.3) is 0 Å². The molecule has 4 nitrogen and oxygen atoms in total. The SMILES string of the molecule is CC1(C)CC(=O)C(c2cc(=O)c3ccccc3[nH]2)=C([O-])C1. The summed E-state index contributed by atoms with van der Waals surface area (Å²) in [4.78, 5) is 27.5. The summed E-state index contributed by atoms with van der Waals surface area (Å²) in [7, 11) is 0. The molecule has 0 saturated carbocycles. The molecule has 3 rings (SSSR count). The predicted octanol–water partition coefficient (Wildman–Crippen LogP) is 1.99. The third-order valence-electron chi connectivity index (χ3n) is 3.84. The van der Waals surface area contributed by atoms with Crippen molar-refractivity contribution in [2.75, 3.05) is 0 Å². The fourth-order valence-corrected chi connectivity index (χ4v) is 2.90. The number of aromatic nitrogens is 1. The Labute approximate surface area is 122 Å². The Morgan fingerprint density at radius 2 is 1.86 bits per heavy atom. The predicted molar refractivity (Wildman–Crippen MR) is 79.5 cm³/mol. The van der Waals surface area contributed by atoms with Crippen molar-refractivity contribution >= 4 is 22.3 Å². The van der Waals surface area contributed by atoms with E-state index >= 15 is 0 Å². The van der Waals surface area contributed by atoms with Crippen LogP contribution in [0, 0.1) is 5.41 Å². The van der Waals surface area contributed by atoms with E-state index in [4.69, 9.17) is 0 Å². The van der Waals surface area contributed by atoms with Crippen LogP contribution in [0.3, 0.4) is 0 Å². The topological polar surface area (TPSA) is 73.0 Å². The molecule has 1 aliphatic carbocycles. The van der Waals surface area contributed by atoms with Crippen LogP contribution in [0.4, 0.5) is 0 Å². The number of aromatic amines is 1. The molecule has 0 radical (unpaired) electrons. The van der Waals surface area contributed by atoms with Crippen molar-refractivity contribution in [1.82, 2.24) is 4.98 Å². The van der Waals surface area contributed by atoms with E-state index in [9.17, 15) is 14.7 Å². The second-order valence-corrected chi connectivity index (χ2v) is 6.33. The van der Waals surface area contributed by atoms with E-state index in [0.29, 0.717) is 29.4 Å². The van der Waals surface area contributed by atoms with Crippen molar-refractivity contribution in [3.05, 3.63) is 52.0 Å². The molecule has 0 amide bonds. The van der Waals surface area contributed by atoms with Gasteiger partial charge in [-0.15, -0.1) is 5.76 Å². The molecule has 0 spiro atoms. The fraction of sp³-hybridized carbons (Fsp3) is 0.294. The molecule has 108 valence electrons. The normalized spacial score (nSPS) is 18.3. The van der Waals surface area contributed by atoms with Gasteiger partial charge in [0.05, 0.1) is 5.69 Å². The maximum atomic E-state index is 12.3. The van der Waals surface area contributed by atoms with Crippen LogP contribution in [0.5, 0.6) is 0 Å². The molecular formula is C17H16NO3-. The van der Waals surface area contributed by atoms with Crippen molar-refractivity contribution in [1.29, 1.82) is 0 Å². The lowest BCUT2D eigenvalue weighted by Gasteiger charge is -2.35. The minimum absolute atomic E-state index is 0.136. The third kappa shape index (κ3) is 2.37. The molecule has 2 aromatic rings. The van der Waals surface area contributed by atoms with E-state index in [2.05, 4.69) is 4.98 Å². The standard InChI is InChI=1S/C17H17NO3/c1-17(2)8-14(20)16(15(21)9-17)12-7-13(19)10-5-3-4-6-11(10)18-12/h3-7,20H,8-9H2,1-2H3,(H,18,19)/p-1. The number of benzene rings is 1. The molecule has 0 fully saturated rings. The number of H-pyrrole nitrogens is 1. The summed E-state index contributed by atoms with van der Waals surface area (Å²) in [6, 6.07) is 8.43. The van der Waals surface area contributed by atoms with Crippen LogP contribution in [-0.4, -0.2) is 10.8 Å². The Morgan fingerprint density at radius 3 is 2.57 bits per heavy atom. The zero-order chi connectivity index (χ0) is 15.2. The van der Waals surface area contributed by atoms with Gasteiger partial charge < -0.3 is 10.1 Å². The van der Waals surface area contributed by atoms with E-state index in [1.807, 2.05) is 13.8 Å². The van der Waals surface area contributed by atoms with Gasteiger partial charge in [-0.25, -0.2) is 0 Å². The van der Waals surface area contributed by atoms with Crippen LogP contribution >= 0.6 is 0 Å². The summed E-state index contributed by atoms with van der Waals surface area (Å²) in [6.07, 6.45) is 0.645. The minimum Gasteiger partial charge on any atom is -0.875 e. The monoisotopic (exact) mass is 282 g/mol. The molecular weight excluding hydrogens is 266 g/mol. The summed E-state index contributed by atoms with van der Waals surface area (Å²) in [5.41, 5.74) is 0.617. The van der Waals surface area contributed by atoms with Crippen molar-refractivity contribution in [2.45, 2.75) is 26.7 Å². The Balaban J connectivity index is 2.21. The summed E-state index contributed by atoms with van der Waals surface area (Å²) in [5.74, 6) is -0.385. The number of carbonyl (C=O) groups is 1. The lowest BCUT2D eigenvalue weighted by molar-refractivity contribution is -0.309. The summed E-state index contributed by atoms with van der Waals surface area (Å²) < 4.78 is 0. The van der Waals surface area contributed by atoms with E-state index in [0.717, 1.165) is 0 Å². The fourth-order valence-electron chi connectivity index (χ4n) is 2.90. The second kappa shape index (κ2) is 4.58. The molecule has 0 unspecified atom stereocenters. The van der Waals surface area contributed by atoms with Crippen LogP contribution in [-0.2, 0) is 4.79 Å². The summed E-state index contributed by atoms with van der Waals surface area (Å²) in [6.45, 7) is 3.81. The first-order valence-electron chi connectivity index (χ1n) is 6.93. The number of hydrogen-bond donors (Lipinski definition) is 1. The number of hydrogen-bond acceptors (Lipinski definition) is 3. The average molecular weight is 282 g/mol. The molecule has 0 aliphatic heterocycles. The zero-order valence-corrected chi connectivity index (χ0v) is 12.0. The Hall–Kier alpha value is -2.36. The number of pyridine rings is 1. The van der Waals surface area contributed by atoms with E-state index < -0.39 is 0 Å². The number of carbonyl (C=O) groups excluding carboxylic acids is 1. The molecule has 0 atom stereocenters. The van der Waals surface area contributed by atoms with E-state index in [1.165, 1.54) is 6.07 Å². The third-order valence-corrected chi connectivity index (χ3v) is 3.84. The van der Waals surface area contributed by atoms with Gasteiger partial charge in [-0.3, -0.25) is 9.59 Å². The van der Waals surface area contributed by atoms with Crippen LogP contribution < -0.4 is 10.5 Å². The first-order valence-corrected chi connectivity index (χ1v) is 6.93. The van der Waals surface area contributed by atoms with Gasteiger partial charge in [0, 0.05) is 29.0 Å². The van der Waals surface area contributed by atoms with Crippen LogP contribution in [0.2, 0.25) is 0 Å². The largest absolute Gasteiger partial charge is 0.875 e. The van der Waals surface area contributed by atoms with Gasteiger partial charge in [-0.1, -0.05) is 26.0 Å². The molecule has 1 N–H and O–H groups in total. The van der Waals surface area contributed by atoms with E-state index in [1.54, 1.807) is 24.3 Å². The number of rotatable bonds is 1. The lowest BCUT2D eigenvalue weighted by atomic mass is 9.76. The first kappa shape index (κ1) is 13.6. The number of Topliss-reactive ketones (excluding diaryl/α,β-unsaturated/α-hetero) is 1. The average Bonchev–Trinajstić information content (AvgIpc) is 2.36. The maximum Gasteiger partial charge on any atom is 0.190 e. The number of para-hydroxylation sites is 1. The summed E-state index contributed by atoms with van der Waals surface area (Å²) in [5, 5.41) is 12.8.